The Kier molecular flexibility index (Phi) is 22.6. The zero-order valence-corrected chi connectivity index (χ0v) is 40.1. The number of rotatable bonds is 30. The van der Waals surface area contributed by atoms with Gasteiger partial charge >= 0.3 is 12.2 Å². The first-order chi connectivity index (χ1) is 32.2. The summed E-state index contributed by atoms with van der Waals surface area (Å²) in [5.41, 5.74) is 2.95. The SMILES string of the molecule is C=CCOC12Oc3ccc(OC(=O)NCCCCCCCCCCCC)cc3C3C(CCCCO)C(CCCCO)C=C(C(=NOCC)CC1N(Cc1ccc(F)cc1)C(=O)OCCCl)C32. The van der Waals surface area contributed by atoms with E-state index in [1.807, 2.05) is 13.0 Å². The molecule has 1 saturated carbocycles. The molecule has 1 heterocycles. The second kappa shape index (κ2) is 28.2. The predicted octanol–water partition coefficient (Wildman–Crippen LogP) is 11.4. The van der Waals surface area contributed by atoms with Gasteiger partial charge in [0.05, 0.1) is 24.1 Å². The molecule has 1 aliphatic heterocycles. The van der Waals surface area contributed by atoms with Gasteiger partial charge in [-0.1, -0.05) is 107 Å². The molecule has 1 fully saturated rings. The number of carbonyl (C=O) groups is 2. The van der Waals surface area contributed by atoms with Crippen LogP contribution in [0.3, 0.4) is 0 Å². The minimum Gasteiger partial charge on any atom is -0.459 e. The molecule has 66 heavy (non-hydrogen) atoms. The van der Waals surface area contributed by atoms with Crippen molar-refractivity contribution in [2.75, 3.05) is 45.5 Å². The molecule has 5 rings (SSSR count). The van der Waals surface area contributed by atoms with Crippen molar-refractivity contribution >= 4 is 29.5 Å². The van der Waals surface area contributed by atoms with Crippen molar-refractivity contribution < 1.29 is 48.0 Å². The van der Waals surface area contributed by atoms with Crippen LogP contribution in [0.4, 0.5) is 14.0 Å². The molecule has 3 aliphatic rings. The van der Waals surface area contributed by atoms with Gasteiger partial charge in [-0.15, -0.1) is 18.2 Å². The number of oxime groups is 1. The third kappa shape index (κ3) is 14.4. The summed E-state index contributed by atoms with van der Waals surface area (Å²) in [5, 5.41) is 27.5. The molecular formula is C52H75ClFN3O9. The van der Waals surface area contributed by atoms with E-state index in [9.17, 15) is 24.2 Å². The summed E-state index contributed by atoms with van der Waals surface area (Å²) < 4.78 is 40.2. The molecule has 0 bridgehead atoms. The van der Waals surface area contributed by atoms with Crippen molar-refractivity contribution in [1.29, 1.82) is 0 Å². The summed E-state index contributed by atoms with van der Waals surface area (Å²) in [5.74, 6) is -1.98. The van der Waals surface area contributed by atoms with Crippen molar-refractivity contribution in [2.24, 2.45) is 22.9 Å². The number of aliphatic hydroxyl groups excluding tert-OH is 2. The van der Waals surface area contributed by atoms with E-state index in [2.05, 4.69) is 24.9 Å². The lowest BCUT2D eigenvalue weighted by atomic mass is 9.55. The van der Waals surface area contributed by atoms with Crippen LogP contribution in [0.2, 0.25) is 0 Å². The standard InChI is InChI=1S/C52H75ClFN3O9/c1-4-7-8-9-10-11-12-13-14-17-29-55-50(60)65-41-26-27-46-44(35-41)48-42(21-16-19-31-59)39(20-15-18-30-58)34-43-45(56-64-6-3)36-47(52(66-46,49(43)48)63-32-5-2)57(51(61)62-33-28-53)37-38-22-24-40(54)25-23-38/h5,22-27,34-35,39,42,47-49,58-59H,2,4,6-21,28-33,36-37H2,1,3H3,(H,55,60). The first kappa shape index (κ1) is 52.8. The summed E-state index contributed by atoms with van der Waals surface area (Å²) in [6.45, 7) is 9.05. The van der Waals surface area contributed by atoms with Crippen LogP contribution in [0.15, 0.2) is 71.9 Å². The molecular weight excluding hydrogens is 865 g/mol. The zero-order chi connectivity index (χ0) is 47.2. The van der Waals surface area contributed by atoms with Crippen LogP contribution >= 0.6 is 11.6 Å². The minimum atomic E-state index is -1.55. The maximum atomic E-state index is 14.4. The monoisotopic (exact) mass is 940 g/mol. The van der Waals surface area contributed by atoms with Gasteiger partial charge in [-0.05, 0) is 92.3 Å². The van der Waals surface area contributed by atoms with Crippen LogP contribution in [0, 0.1) is 23.6 Å². The molecule has 0 aromatic heterocycles. The van der Waals surface area contributed by atoms with Crippen LogP contribution < -0.4 is 14.8 Å². The average molecular weight is 941 g/mol. The Morgan fingerprint density at radius 3 is 2.32 bits per heavy atom. The maximum absolute atomic E-state index is 14.4. The zero-order valence-electron chi connectivity index (χ0n) is 39.4. The Hall–Kier alpha value is -4.17. The number of benzene rings is 2. The number of ether oxygens (including phenoxy) is 4. The van der Waals surface area contributed by atoms with E-state index in [0.29, 0.717) is 48.8 Å². The highest BCUT2D eigenvalue weighted by Crippen LogP contribution is 2.62. The van der Waals surface area contributed by atoms with Crippen LogP contribution in [0.25, 0.3) is 0 Å². The van der Waals surface area contributed by atoms with Crippen molar-refractivity contribution in [3.05, 3.63) is 83.7 Å². The summed E-state index contributed by atoms with van der Waals surface area (Å²) in [6.07, 6.45) is 19.1. The fourth-order valence-electron chi connectivity index (χ4n) is 10.1. The highest BCUT2D eigenvalue weighted by Gasteiger charge is 2.65. The van der Waals surface area contributed by atoms with Gasteiger partial charge in [0.25, 0.3) is 0 Å². The molecule has 0 radical (unpaired) electrons. The molecule has 366 valence electrons. The van der Waals surface area contributed by atoms with Crippen molar-refractivity contribution in [1.82, 2.24) is 10.2 Å². The molecule has 0 spiro atoms. The molecule has 2 amide bonds. The minimum absolute atomic E-state index is 0.0101. The number of aliphatic hydroxyl groups is 2. The number of allylic oxidation sites excluding steroid dienone is 1. The van der Waals surface area contributed by atoms with E-state index in [1.54, 1.807) is 35.2 Å². The number of nitrogens with one attached hydrogen (secondary N) is 1. The van der Waals surface area contributed by atoms with Gasteiger partial charge in [0, 0.05) is 44.2 Å². The smallest absolute Gasteiger partial charge is 0.412 e. The van der Waals surface area contributed by atoms with E-state index < -0.39 is 35.8 Å². The third-order valence-corrected chi connectivity index (χ3v) is 13.3. The molecule has 3 N–H and O–H groups in total. The van der Waals surface area contributed by atoms with E-state index in [4.69, 9.17) is 40.5 Å². The molecule has 6 atom stereocenters. The number of alkyl halides is 1. The second-order valence-electron chi connectivity index (χ2n) is 17.7. The Morgan fingerprint density at radius 2 is 1.65 bits per heavy atom. The quantitative estimate of drug-likeness (QED) is 0.0301. The number of nitrogens with zero attached hydrogens (tertiary/aromatic N) is 2. The Balaban J connectivity index is 1.57. The molecule has 6 unspecified atom stereocenters. The Labute approximate surface area is 397 Å². The van der Waals surface area contributed by atoms with Crippen LogP contribution in [-0.4, -0.2) is 90.3 Å². The normalized spacial score (nSPS) is 22.4. The first-order valence-corrected chi connectivity index (χ1v) is 25.2. The number of hydrogen-bond acceptors (Lipinski definition) is 10. The van der Waals surface area contributed by atoms with E-state index in [1.165, 1.54) is 57.1 Å². The van der Waals surface area contributed by atoms with Crippen molar-refractivity contribution in [2.45, 2.75) is 147 Å². The number of amides is 2. The number of unbranched alkanes of at least 4 members (excludes halogenated alkanes) is 11. The molecule has 2 aromatic rings. The third-order valence-electron chi connectivity index (χ3n) is 13.1. The summed E-state index contributed by atoms with van der Waals surface area (Å²) in [6, 6.07) is 10.5. The fraction of sp³-hybridized carbons (Fsp3) is 0.635. The Bertz CT molecular complexity index is 1860. The lowest BCUT2D eigenvalue weighted by Gasteiger charge is -2.59. The maximum Gasteiger partial charge on any atom is 0.412 e. The molecule has 2 aliphatic carbocycles. The average Bonchev–Trinajstić information content (AvgIpc) is 3.32. The predicted molar refractivity (Wildman–Crippen MR) is 256 cm³/mol. The van der Waals surface area contributed by atoms with E-state index in [0.717, 1.165) is 56.1 Å². The topological polar surface area (TPSA) is 148 Å². The largest absolute Gasteiger partial charge is 0.459 e. The summed E-state index contributed by atoms with van der Waals surface area (Å²) >= 11 is 6.06. The summed E-state index contributed by atoms with van der Waals surface area (Å²) in [7, 11) is 0. The molecule has 2 aromatic carbocycles. The lowest BCUT2D eigenvalue weighted by Crippen LogP contribution is -2.70. The van der Waals surface area contributed by atoms with Gasteiger partial charge in [-0.2, -0.15) is 0 Å². The van der Waals surface area contributed by atoms with Gasteiger partial charge in [0.1, 0.15) is 36.6 Å². The van der Waals surface area contributed by atoms with Gasteiger partial charge in [0.15, 0.2) is 0 Å². The first-order valence-electron chi connectivity index (χ1n) is 24.6. The van der Waals surface area contributed by atoms with Gasteiger partial charge < -0.3 is 39.3 Å². The van der Waals surface area contributed by atoms with Crippen LogP contribution in [0.5, 0.6) is 11.5 Å². The van der Waals surface area contributed by atoms with Crippen LogP contribution in [-0.2, 0) is 20.9 Å². The number of fused-ring (bicyclic) bond motifs is 2. The van der Waals surface area contributed by atoms with Crippen molar-refractivity contribution in [3.8, 4) is 11.5 Å². The number of hydrogen-bond donors (Lipinski definition) is 3. The lowest BCUT2D eigenvalue weighted by molar-refractivity contribution is -0.256. The highest BCUT2D eigenvalue weighted by molar-refractivity contribution is 6.18. The highest BCUT2D eigenvalue weighted by atomic mass is 35.5. The summed E-state index contributed by atoms with van der Waals surface area (Å²) in [4.78, 5) is 35.1. The van der Waals surface area contributed by atoms with Crippen molar-refractivity contribution in [3.63, 3.8) is 0 Å². The van der Waals surface area contributed by atoms with E-state index in [-0.39, 0.29) is 63.0 Å². The van der Waals surface area contributed by atoms with E-state index >= 15 is 0 Å². The number of halogens is 2. The second-order valence-corrected chi connectivity index (χ2v) is 18.1. The van der Waals surface area contributed by atoms with Gasteiger partial charge in [-0.25, -0.2) is 14.0 Å². The fourth-order valence-corrected chi connectivity index (χ4v) is 10.2. The Morgan fingerprint density at radius 1 is 0.955 bits per heavy atom. The number of carbonyl (C=O) groups excluding carboxylic acids is 2. The molecule has 0 saturated heterocycles. The van der Waals surface area contributed by atoms with Gasteiger partial charge in [0.2, 0.25) is 5.79 Å². The van der Waals surface area contributed by atoms with Gasteiger partial charge in [-0.3, -0.25) is 4.90 Å². The molecule has 12 nitrogen and oxygen atoms in total. The molecule has 14 heteroatoms. The van der Waals surface area contributed by atoms with Crippen LogP contribution in [0.1, 0.15) is 140 Å².